The van der Waals surface area contributed by atoms with Crippen LogP contribution in [0.2, 0.25) is 0 Å². The van der Waals surface area contributed by atoms with Crippen molar-refractivity contribution in [2.24, 2.45) is 0 Å². The first-order valence-electron chi connectivity index (χ1n) is 8.38. The number of hydrogen-bond donors (Lipinski definition) is 1. The van der Waals surface area contributed by atoms with Crippen LogP contribution in [0.5, 0.6) is 5.75 Å². The highest BCUT2D eigenvalue weighted by Gasteiger charge is 2.17. The summed E-state index contributed by atoms with van der Waals surface area (Å²) in [5.41, 5.74) is 2.29. The van der Waals surface area contributed by atoms with Crippen LogP contribution < -0.4 is 14.4 Å². The average Bonchev–Trinajstić information content (AvgIpc) is 2.61. The molecule has 0 aromatic heterocycles. The third kappa shape index (κ3) is 6.25. The molecule has 0 aliphatic heterocycles. The van der Waals surface area contributed by atoms with Crippen LogP contribution in [0.1, 0.15) is 18.4 Å². The second kappa shape index (κ2) is 9.23. The van der Waals surface area contributed by atoms with Crippen molar-refractivity contribution in [1.82, 2.24) is 0 Å². The van der Waals surface area contributed by atoms with E-state index in [0.29, 0.717) is 17.9 Å². The van der Waals surface area contributed by atoms with Crippen molar-refractivity contribution in [3.8, 4) is 5.75 Å². The first-order valence-corrected chi connectivity index (χ1v) is 11.0. The number of halogens is 1. The summed E-state index contributed by atoms with van der Waals surface area (Å²) in [6, 6.07) is 12.3. The molecule has 0 bridgehead atoms. The summed E-state index contributed by atoms with van der Waals surface area (Å²) < 4.78 is 31.6. The second-order valence-electron chi connectivity index (χ2n) is 6.15. The number of nitrogens with one attached hydrogen (secondary N) is 1. The van der Waals surface area contributed by atoms with Crippen LogP contribution >= 0.6 is 15.9 Å². The molecule has 0 aliphatic rings. The van der Waals surface area contributed by atoms with Gasteiger partial charge in [-0.2, -0.15) is 0 Å². The minimum atomic E-state index is -3.45. The van der Waals surface area contributed by atoms with Gasteiger partial charge in [-0.05, 0) is 61.4 Å². The zero-order valence-electron chi connectivity index (χ0n) is 15.5. The number of ether oxygens (including phenoxy) is 1. The molecule has 0 aliphatic carbocycles. The molecule has 0 heterocycles. The fourth-order valence-corrected chi connectivity index (χ4v) is 3.78. The quantitative estimate of drug-likeness (QED) is 0.654. The Hall–Kier alpha value is -2.06. The van der Waals surface area contributed by atoms with Gasteiger partial charge in [0.2, 0.25) is 15.9 Å². The SMILES string of the molecule is COc1ccc(N(CCCC(=O)Nc2ccc(Br)c(C)c2)S(C)(=O)=O)cc1. The van der Waals surface area contributed by atoms with E-state index < -0.39 is 10.0 Å². The third-order valence-corrected chi connectivity index (χ3v) is 6.05. The van der Waals surface area contributed by atoms with Gasteiger partial charge in [0, 0.05) is 23.1 Å². The molecule has 0 spiro atoms. The van der Waals surface area contributed by atoms with Gasteiger partial charge in [0.25, 0.3) is 0 Å². The minimum Gasteiger partial charge on any atom is -0.497 e. The summed E-state index contributed by atoms with van der Waals surface area (Å²) >= 11 is 3.42. The fourth-order valence-electron chi connectivity index (χ4n) is 2.56. The molecule has 146 valence electrons. The summed E-state index contributed by atoms with van der Waals surface area (Å²) in [4.78, 5) is 12.2. The van der Waals surface area contributed by atoms with Crippen molar-refractivity contribution in [3.63, 3.8) is 0 Å². The number of anilines is 2. The smallest absolute Gasteiger partial charge is 0.232 e. The molecular weight excluding hydrogens is 432 g/mol. The zero-order valence-corrected chi connectivity index (χ0v) is 17.9. The first kappa shape index (κ1) is 21.2. The summed E-state index contributed by atoms with van der Waals surface area (Å²) in [6.07, 6.45) is 1.78. The van der Waals surface area contributed by atoms with E-state index in [2.05, 4.69) is 21.2 Å². The first-order chi connectivity index (χ1) is 12.7. The molecule has 0 saturated heterocycles. The van der Waals surface area contributed by atoms with Gasteiger partial charge in [-0.15, -0.1) is 0 Å². The minimum absolute atomic E-state index is 0.153. The molecule has 6 nitrogen and oxygen atoms in total. The summed E-state index contributed by atoms with van der Waals surface area (Å²) in [7, 11) is -1.90. The van der Waals surface area contributed by atoms with E-state index in [1.165, 1.54) is 4.31 Å². The number of aryl methyl sites for hydroxylation is 1. The van der Waals surface area contributed by atoms with Crippen molar-refractivity contribution >= 4 is 43.2 Å². The highest BCUT2D eigenvalue weighted by Crippen LogP contribution is 2.22. The van der Waals surface area contributed by atoms with E-state index in [9.17, 15) is 13.2 Å². The Labute approximate surface area is 168 Å². The van der Waals surface area contributed by atoms with E-state index in [-0.39, 0.29) is 18.9 Å². The lowest BCUT2D eigenvalue weighted by Crippen LogP contribution is -2.31. The van der Waals surface area contributed by atoms with Gasteiger partial charge in [0.05, 0.1) is 19.1 Å². The molecule has 1 N–H and O–H groups in total. The maximum atomic E-state index is 12.2. The Morgan fingerprint density at radius 3 is 2.41 bits per heavy atom. The fraction of sp³-hybridized carbons (Fsp3) is 0.316. The van der Waals surface area contributed by atoms with Crippen LogP contribution in [-0.4, -0.2) is 34.2 Å². The van der Waals surface area contributed by atoms with Gasteiger partial charge in [0.15, 0.2) is 0 Å². The van der Waals surface area contributed by atoms with Crippen LogP contribution in [0, 0.1) is 6.92 Å². The molecule has 2 rings (SSSR count). The van der Waals surface area contributed by atoms with Gasteiger partial charge >= 0.3 is 0 Å². The van der Waals surface area contributed by atoms with E-state index in [4.69, 9.17) is 4.74 Å². The Morgan fingerprint density at radius 1 is 1.19 bits per heavy atom. The molecule has 27 heavy (non-hydrogen) atoms. The lowest BCUT2D eigenvalue weighted by molar-refractivity contribution is -0.116. The van der Waals surface area contributed by atoms with Crippen LogP contribution in [0.15, 0.2) is 46.9 Å². The molecule has 0 unspecified atom stereocenters. The number of methoxy groups -OCH3 is 1. The van der Waals surface area contributed by atoms with Crippen LogP contribution in [0.3, 0.4) is 0 Å². The monoisotopic (exact) mass is 454 g/mol. The average molecular weight is 455 g/mol. The van der Waals surface area contributed by atoms with Crippen molar-refractivity contribution in [2.75, 3.05) is 29.5 Å². The van der Waals surface area contributed by atoms with Gasteiger partial charge in [-0.1, -0.05) is 15.9 Å². The maximum Gasteiger partial charge on any atom is 0.232 e. The van der Waals surface area contributed by atoms with E-state index >= 15 is 0 Å². The van der Waals surface area contributed by atoms with Crippen molar-refractivity contribution in [3.05, 3.63) is 52.5 Å². The van der Waals surface area contributed by atoms with Gasteiger partial charge in [0.1, 0.15) is 5.75 Å². The highest BCUT2D eigenvalue weighted by atomic mass is 79.9. The standard InChI is InChI=1S/C19H23BrN2O4S/c1-14-13-15(6-11-18(14)20)21-19(23)5-4-12-22(27(3,24)25)16-7-9-17(26-2)10-8-16/h6-11,13H,4-5,12H2,1-3H3,(H,21,23). The van der Waals surface area contributed by atoms with Crippen LogP contribution in [0.25, 0.3) is 0 Å². The van der Waals surface area contributed by atoms with E-state index in [1.54, 1.807) is 31.4 Å². The Bertz CT molecular complexity index is 898. The van der Waals surface area contributed by atoms with E-state index in [0.717, 1.165) is 22.0 Å². The number of hydrogen-bond acceptors (Lipinski definition) is 4. The number of carbonyl (C=O) groups excluding carboxylic acids is 1. The molecule has 2 aromatic rings. The normalized spacial score (nSPS) is 11.1. The number of sulfonamides is 1. The van der Waals surface area contributed by atoms with Crippen LogP contribution in [-0.2, 0) is 14.8 Å². The Balaban J connectivity index is 1.96. The van der Waals surface area contributed by atoms with Gasteiger partial charge in [-0.3, -0.25) is 9.10 Å². The van der Waals surface area contributed by atoms with Crippen molar-refractivity contribution in [1.29, 1.82) is 0 Å². The highest BCUT2D eigenvalue weighted by molar-refractivity contribution is 9.10. The number of nitrogens with zero attached hydrogens (tertiary/aromatic N) is 1. The maximum absolute atomic E-state index is 12.2. The molecule has 0 atom stereocenters. The number of benzene rings is 2. The van der Waals surface area contributed by atoms with Crippen LogP contribution in [0.4, 0.5) is 11.4 Å². The van der Waals surface area contributed by atoms with E-state index in [1.807, 2.05) is 25.1 Å². The Kier molecular flexibility index (Phi) is 7.26. The molecule has 0 saturated carbocycles. The van der Waals surface area contributed by atoms with Gasteiger partial charge in [-0.25, -0.2) is 8.42 Å². The zero-order chi connectivity index (χ0) is 20.0. The summed E-state index contributed by atoms with van der Waals surface area (Å²) in [5, 5.41) is 2.83. The second-order valence-corrected chi connectivity index (χ2v) is 8.91. The number of amides is 1. The molecule has 2 aromatic carbocycles. The lowest BCUT2D eigenvalue weighted by Gasteiger charge is -2.22. The molecule has 0 radical (unpaired) electrons. The van der Waals surface area contributed by atoms with Gasteiger partial charge < -0.3 is 10.1 Å². The predicted molar refractivity (Wildman–Crippen MR) is 112 cm³/mol. The third-order valence-electron chi connectivity index (χ3n) is 3.97. The lowest BCUT2D eigenvalue weighted by atomic mass is 10.2. The topological polar surface area (TPSA) is 75.7 Å². The predicted octanol–water partition coefficient (Wildman–Crippen LogP) is 3.95. The number of rotatable bonds is 8. The van der Waals surface area contributed by atoms with Crippen molar-refractivity contribution in [2.45, 2.75) is 19.8 Å². The largest absolute Gasteiger partial charge is 0.497 e. The molecule has 8 heteroatoms. The molecule has 0 fully saturated rings. The molecule has 1 amide bonds. The molecular formula is C19H23BrN2O4S. The number of carbonyl (C=O) groups is 1. The summed E-state index contributed by atoms with van der Waals surface area (Å²) in [5.74, 6) is 0.497. The van der Waals surface area contributed by atoms with Crippen molar-refractivity contribution < 1.29 is 17.9 Å². The summed E-state index contributed by atoms with van der Waals surface area (Å²) in [6.45, 7) is 2.16. The Morgan fingerprint density at radius 2 is 1.85 bits per heavy atom.